The maximum absolute atomic E-state index is 11.5. The van der Waals surface area contributed by atoms with E-state index in [2.05, 4.69) is 9.78 Å². The average molecular weight is 331 g/mol. The van der Waals surface area contributed by atoms with Crippen LogP contribution in [0.15, 0.2) is 60.7 Å². The molecular formula is C14H18Mg2O6. The minimum atomic E-state index is -0.708. The number of hydrogen-bond donors (Lipinski definition) is 0. The number of rotatable bonds is 2. The Morgan fingerprint density at radius 3 is 1.18 bits per heavy atom. The van der Waals surface area contributed by atoms with Crippen molar-refractivity contribution < 1.29 is 36.0 Å². The van der Waals surface area contributed by atoms with Gasteiger partial charge in [-0.25, -0.2) is 19.4 Å². The molecule has 22 heavy (non-hydrogen) atoms. The molecule has 0 aliphatic rings. The normalized spacial score (nSPS) is 7.82. The van der Waals surface area contributed by atoms with E-state index in [4.69, 9.17) is 0 Å². The average Bonchev–Trinajstić information content (AvgIpc) is 2.46. The quantitative estimate of drug-likeness (QED) is 0.456. The van der Waals surface area contributed by atoms with Crippen molar-refractivity contribution in [3.8, 4) is 0 Å². The van der Waals surface area contributed by atoms with Crippen LogP contribution < -0.4 is 0 Å². The van der Waals surface area contributed by atoms with Gasteiger partial charge in [-0.15, -0.1) is 0 Å². The molecule has 2 aromatic rings. The maximum atomic E-state index is 11.5. The molecule has 0 amide bonds. The first-order valence-corrected chi connectivity index (χ1v) is 5.30. The van der Waals surface area contributed by atoms with Gasteiger partial charge in [0.25, 0.3) is 0 Å². The number of hydrogen-bond acceptors (Lipinski definition) is 4. The van der Waals surface area contributed by atoms with Gasteiger partial charge in [-0.05, 0) is 24.3 Å². The first-order valence-electron chi connectivity index (χ1n) is 5.30. The molecule has 0 saturated carbocycles. The molecular weight excluding hydrogens is 313 g/mol. The third kappa shape index (κ3) is 7.73. The van der Waals surface area contributed by atoms with Gasteiger partial charge in [-0.3, -0.25) is 0 Å². The van der Waals surface area contributed by atoms with E-state index in [1.807, 2.05) is 0 Å². The Bertz CT molecular complexity index is 512. The molecule has 0 heterocycles. The van der Waals surface area contributed by atoms with Crippen molar-refractivity contribution in [2.24, 2.45) is 0 Å². The van der Waals surface area contributed by atoms with Crippen molar-refractivity contribution >= 4 is 58.0 Å². The Hall–Kier alpha value is -1.17. The first-order chi connectivity index (χ1) is 8.77. The van der Waals surface area contributed by atoms with Gasteiger partial charge in [-0.1, -0.05) is 36.4 Å². The number of benzene rings is 2. The van der Waals surface area contributed by atoms with E-state index < -0.39 is 11.9 Å². The van der Waals surface area contributed by atoms with E-state index in [9.17, 15) is 9.59 Å². The molecule has 0 saturated heterocycles. The third-order valence-corrected chi connectivity index (χ3v) is 2.21. The smallest absolute Gasteiger partial charge is 1.00 e. The summed E-state index contributed by atoms with van der Waals surface area (Å²) in [6, 6.07) is 16.6. The Labute approximate surface area is 165 Å². The molecule has 0 radical (unpaired) electrons. The maximum Gasteiger partial charge on any atom is 2.00 e. The molecule has 0 aliphatic heterocycles. The van der Waals surface area contributed by atoms with E-state index in [1.54, 1.807) is 60.7 Å². The zero-order valence-electron chi connectivity index (χ0n) is 15.8. The minimum absolute atomic E-state index is 0. The van der Waals surface area contributed by atoms with Crippen LogP contribution in [0.3, 0.4) is 0 Å². The molecule has 2 rings (SSSR count). The molecule has 8 heteroatoms. The molecule has 0 spiro atoms. The van der Waals surface area contributed by atoms with Gasteiger partial charge in [0.2, 0.25) is 0 Å². The van der Waals surface area contributed by atoms with Crippen LogP contribution in [0.4, 0.5) is 0 Å². The Morgan fingerprint density at radius 1 is 0.636 bits per heavy atom. The Kier molecular flexibility index (Phi) is 15.8. The number of carbonyl (C=O) groups is 2. The largest absolute Gasteiger partial charge is 2.00 e. The van der Waals surface area contributed by atoms with E-state index in [1.165, 1.54) is 0 Å². The molecule has 114 valence electrons. The summed E-state index contributed by atoms with van der Waals surface area (Å²) in [7, 11) is 0. The van der Waals surface area contributed by atoms with Crippen LogP contribution in [0.5, 0.6) is 0 Å². The first kappa shape index (κ1) is 25.8. The molecule has 0 atom stereocenters. The molecule has 0 unspecified atom stereocenters. The van der Waals surface area contributed by atoms with Crippen LogP contribution in [0, 0.1) is 0 Å². The number of carbonyl (C=O) groups excluding carboxylic acids is 2. The summed E-state index contributed by atoms with van der Waals surface area (Å²) < 4.78 is 0. The van der Waals surface area contributed by atoms with Crippen molar-refractivity contribution in [2.75, 3.05) is 0 Å². The Balaban J connectivity index is -0.0000000902. The van der Waals surface area contributed by atoms with Gasteiger partial charge >= 0.3 is 58.0 Å². The van der Waals surface area contributed by atoms with Gasteiger partial charge in [0.05, 0.1) is 11.1 Å². The molecule has 0 fully saturated rings. The minimum Gasteiger partial charge on any atom is -1.00 e. The summed E-state index contributed by atoms with van der Waals surface area (Å²) in [5.74, 6) is -1.42. The van der Waals surface area contributed by atoms with Crippen LogP contribution in [-0.4, -0.2) is 69.0 Å². The molecule has 0 bridgehead atoms. The Morgan fingerprint density at radius 2 is 0.909 bits per heavy atom. The third-order valence-electron chi connectivity index (χ3n) is 2.21. The standard InChI is InChI=1S/C14H10O4.2Mg.2H2O.4H/c15-13(11-7-3-1-4-8-11)17-18-14(16)12-9-5-2-6-10-12;;;;;;;;/h1-10H;;;2*1H2;;;;/q;2*+2;;;4*-1. The van der Waals surface area contributed by atoms with Crippen LogP contribution in [0.1, 0.15) is 26.4 Å². The zero-order valence-corrected chi connectivity index (χ0v) is 14.6. The fourth-order valence-electron chi connectivity index (χ4n) is 1.32. The fraction of sp³-hybridized carbons (Fsp3) is 0. The van der Waals surface area contributed by atoms with Crippen LogP contribution in [0.25, 0.3) is 0 Å². The SMILES string of the molecule is O.O.O=C(OOC(=O)c1ccccc1)c1ccccc1.[H-].[H-].[H-].[H-].[Mg+2].[Mg+2]. The molecule has 0 aliphatic carbocycles. The predicted octanol–water partition coefficient (Wildman–Crippen LogP) is 0.654. The van der Waals surface area contributed by atoms with E-state index in [0.29, 0.717) is 11.1 Å². The van der Waals surface area contributed by atoms with Gasteiger partial charge in [-0.2, -0.15) is 0 Å². The van der Waals surface area contributed by atoms with Gasteiger partial charge < -0.3 is 16.7 Å². The second-order valence-electron chi connectivity index (χ2n) is 3.47. The van der Waals surface area contributed by atoms with Gasteiger partial charge in [0.1, 0.15) is 0 Å². The predicted molar refractivity (Wildman–Crippen MR) is 86.9 cm³/mol. The summed E-state index contributed by atoms with van der Waals surface area (Å²) in [6.07, 6.45) is 0. The van der Waals surface area contributed by atoms with Gasteiger partial charge in [0, 0.05) is 0 Å². The van der Waals surface area contributed by atoms with Crippen molar-refractivity contribution in [2.45, 2.75) is 0 Å². The molecule has 0 aromatic heterocycles. The summed E-state index contributed by atoms with van der Waals surface area (Å²) in [5, 5.41) is 0. The van der Waals surface area contributed by atoms with Crippen LogP contribution in [0.2, 0.25) is 0 Å². The molecule has 6 nitrogen and oxygen atoms in total. The van der Waals surface area contributed by atoms with Gasteiger partial charge in [0.15, 0.2) is 0 Å². The van der Waals surface area contributed by atoms with Crippen LogP contribution >= 0.6 is 0 Å². The topological polar surface area (TPSA) is 116 Å². The van der Waals surface area contributed by atoms with Crippen molar-refractivity contribution in [3.05, 3.63) is 71.8 Å². The van der Waals surface area contributed by atoms with Crippen molar-refractivity contribution in [1.82, 2.24) is 0 Å². The van der Waals surface area contributed by atoms with E-state index >= 15 is 0 Å². The summed E-state index contributed by atoms with van der Waals surface area (Å²) in [6.45, 7) is 0. The molecule has 2 aromatic carbocycles. The molecule has 4 N–H and O–H groups in total. The second-order valence-corrected chi connectivity index (χ2v) is 3.47. The monoisotopic (exact) mass is 330 g/mol. The zero-order chi connectivity index (χ0) is 12.8. The van der Waals surface area contributed by atoms with E-state index in [-0.39, 0.29) is 62.8 Å². The van der Waals surface area contributed by atoms with Crippen molar-refractivity contribution in [1.29, 1.82) is 0 Å². The summed E-state index contributed by atoms with van der Waals surface area (Å²) >= 11 is 0. The second kappa shape index (κ2) is 13.5. The summed E-state index contributed by atoms with van der Waals surface area (Å²) in [4.78, 5) is 31.9. The van der Waals surface area contributed by atoms with E-state index in [0.717, 1.165) is 0 Å². The fourth-order valence-corrected chi connectivity index (χ4v) is 1.32. The summed E-state index contributed by atoms with van der Waals surface area (Å²) in [5.41, 5.74) is 0.636. The van der Waals surface area contributed by atoms with Crippen molar-refractivity contribution in [3.63, 3.8) is 0 Å². The van der Waals surface area contributed by atoms with Crippen LogP contribution in [-0.2, 0) is 9.78 Å².